The average Bonchev–Trinajstić information content (AvgIpc) is 3.30. The van der Waals surface area contributed by atoms with E-state index in [1.807, 2.05) is 45.1 Å². The largest absolute Gasteiger partial charge is 0.412 e. The lowest BCUT2D eigenvalue weighted by molar-refractivity contribution is -0.158. The minimum atomic E-state index is -2.85. The molecule has 0 radical (unpaired) electrons. The molecule has 0 unspecified atom stereocenters. The molecule has 3 rings (SSSR count). The van der Waals surface area contributed by atoms with Crippen molar-refractivity contribution in [3.8, 4) is 0 Å². The lowest BCUT2D eigenvalue weighted by Gasteiger charge is -2.44. The van der Waals surface area contributed by atoms with Gasteiger partial charge in [-0.2, -0.15) is 0 Å². The number of aliphatic hydroxyl groups is 3. The molecule has 5 atom stereocenters. The summed E-state index contributed by atoms with van der Waals surface area (Å²) in [6.45, 7) is 23.7. The monoisotopic (exact) mass is 726 g/mol. The van der Waals surface area contributed by atoms with Gasteiger partial charge in [-0.15, -0.1) is 0 Å². The van der Waals surface area contributed by atoms with E-state index in [-0.39, 0.29) is 29.2 Å². The first-order valence-corrected chi connectivity index (χ1v) is 23.2. The van der Waals surface area contributed by atoms with Crippen LogP contribution in [0.15, 0.2) is 85.0 Å². The van der Waals surface area contributed by atoms with Crippen LogP contribution < -0.4 is 10.4 Å². The van der Waals surface area contributed by atoms with E-state index in [0.29, 0.717) is 25.9 Å². The van der Waals surface area contributed by atoms with Gasteiger partial charge in [0, 0.05) is 25.4 Å². The molecule has 0 aliphatic carbocycles. The molecule has 2 aromatic rings. The van der Waals surface area contributed by atoms with E-state index >= 15 is 0 Å². The predicted molar refractivity (Wildman–Crippen MR) is 210 cm³/mol. The Morgan fingerprint density at radius 3 is 1.90 bits per heavy atom. The maximum Gasteiger partial charge on any atom is 0.261 e. The van der Waals surface area contributed by atoms with Gasteiger partial charge in [0.05, 0.1) is 31.5 Å². The van der Waals surface area contributed by atoms with Crippen molar-refractivity contribution in [2.75, 3.05) is 19.8 Å². The summed E-state index contributed by atoms with van der Waals surface area (Å²) in [7, 11) is -5.07. The van der Waals surface area contributed by atoms with Crippen LogP contribution in [0.1, 0.15) is 81.6 Å². The number of aliphatic hydroxyl groups excluding tert-OH is 3. The van der Waals surface area contributed by atoms with Crippen LogP contribution in [-0.4, -0.2) is 81.5 Å². The zero-order valence-corrected chi connectivity index (χ0v) is 34.6. The number of hydrogen-bond acceptors (Lipinski definition) is 7. The van der Waals surface area contributed by atoms with Gasteiger partial charge in [0.25, 0.3) is 8.32 Å². The summed E-state index contributed by atoms with van der Waals surface area (Å²) in [5.74, 6) is -1.11. The van der Waals surface area contributed by atoms with Crippen LogP contribution >= 0.6 is 0 Å². The van der Waals surface area contributed by atoms with Gasteiger partial charge in [0.2, 0.25) is 0 Å². The van der Waals surface area contributed by atoms with E-state index in [1.165, 1.54) is 10.4 Å². The van der Waals surface area contributed by atoms with Crippen molar-refractivity contribution < 1.29 is 33.6 Å². The van der Waals surface area contributed by atoms with E-state index in [0.717, 1.165) is 0 Å². The lowest BCUT2D eigenvalue weighted by atomic mass is 9.87. The van der Waals surface area contributed by atoms with Crippen LogP contribution in [-0.2, 0) is 18.3 Å². The second-order valence-electron chi connectivity index (χ2n) is 16.8. The van der Waals surface area contributed by atoms with Crippen molar-refractivity contribution in [1.29, 1.82) is 0 Å². The Hall–Kier alpha value is -1.93. The molecule has 1 saturated heterocycles. The molecule has 0 bridgehead atoms. The molecular weight excluding hydrogens is 661 g/mol. The van der Waals surface area contributed by atoms with Crippen LogP contribution in [0, 0.1) is 5.92 Å². The van der Waals surface area contributed by atoms with Crippen molar-refractivity contribution in [1.82, 2.24) is 0 Å². The number of rotatable bonds is 17. The van der Waals surface area contributed by atoms with Gasteiger partial charge in [-0.05, 0) is 53.8 Å². The molecule has 1 aliphatic rings. The third kappa shape index (κ3) is 10.1. The van der Waals surface area contributed by atoms with Gasteiger partial charge in [-0.3, -0.25) is 0 Å². The molecule has 1 fully saturated rings. The zero-order chi connectivity index (χ0) is 37.4. The average molecular weight is 727 g/mol. The first-order valence-electron chi connectivity index (χ1n) is 18.3. The van der Waals surface area contributed by atoms with E-state index < -0.39 is 46.3 Å². The Labute approximate surface area is 305 Å². The SMILES string of the molecule is CC[C@@H](/C=C\CO)[C@@H](O)/C=C/[C@@]1(CCO[Si](c2ccccc2)(c2ccccc2)C(C)(C)C)OC(C)(C)O[C@@H]1C[C@H](CO)O[Si](C)(C)C(C)(C)C. The molecule has 0 aromatic heterocycles. The standard InChI is InChI=1S/C41H66O7Si2/c1-12-32(20-19-28-42)36(44)25-26-41(37(46-40(8,9)48-41)30-33(31-43)47-49(10,11)38(2,3)4)27-29-45-50(39(5,6)7,34-21-15-13-16-22-34)35-23-17-14-18-24-35/h13-26,32-33,36-37,42-44H,12,27-31H2,1-11H3/b20-19-,26-25+/t32-,33+,36-,37+,41-/m0/s1. The summed E-state index contributed by atoms with van der Waals surface area (Å²) in [4.78, 5) is 0. The highest BCUT2D eigenvalue weighted by Gasteiger charge is 2.55. The fraction of sp³-hybridized carbons (Fsp3) is 0.610. The maximum atomic E-state index is 11.4. The Kier molecular flexibility index (Phi) is 14.7. The van der Waals surface area contributed by atoms with E-state index in [9.17, 15) is 15.3 Å². The van der Waals surface area contributed by atoms with Crippen molar-refractivity contribution in [2.24, 2.45) is 5.92 Å². The first kappa shape index (κ1) is 42.5. The molecule has 7 nitrogen and oxygen atoms in total. The molecule has 1 heterocycles. The highest BCUT2D eigenvalue weighted by Crippen LogP contribution is 2.45. The molecule has 1 aliphatic heterocycles. The highest BCUT2D eigenvalue weighted by molar-refractivity contribution is 6.99. The summed E-state index contributed by atoms with van der Waals surface area (Å²) >= 11 is 0. The molecule has 3 N–H and O–H groups in total. The summed E-state index contributed by atoms with van der Waals surface area (Å²) in [6, 6.07) is 21.2. The lowest BCUT2D eigenvalue weighted by Crippen LogP contribution is -2.66. The van der Waals surface area contributed by atoms with Gasteiger partial charge in [-0.25, -0.2) is 0 Å². The van der Waals surface area contributed by atoms with Gasteiger partial charge < -0.3 is 33.6 Å². The second-order valence-corrected chi connectivity index (χ2v) is 25.8. The third-order valence-corrected chi connectivity index (χ3v) is 20.1. The minimum Gasteiger partial charge on any atom is -0.412 e. The molecule has 0 amide bonds. The van der Waals surface area contributed by atoms with Crippen LogP contribution in [0.25, 0.3) is 0 Å². The number of ether oxygens (including phenoxy) is 2. The Morgan fingerprint density at radius 2 is 1.44 bits per heavy atom. The summed E-state index contributed by atoms with van der Waals surface area (Å²) in [5, 5.41) is 33.5. The van der Waals surface area contributed by atoms with Crippen molar-refractivity contribution in [3.05, 3.63) is 85.0 Å². The van der Waals surface area contributed by atoms with Crippen LogP contribution in [0.5, 0.6) is 0 Å². The van der Waals surface area contributed by atoms with E-state index in [2.05, 4.69) is 103 Å². The molecule has 2 aromatic carbocycles. The zero-order valence-electron chi connectivity index (χ0n) is 32.6. The topological polar surface area (TPSA) is 97.6 Å². The smallest absolute Gasteiger partial charge is 0.261 e. The Bertz CT molecular complexity index is 1330. The molecule has 9 heteroatoms. The van der Waals surface area contributed by atoms with Gasteiger partial charge >= 0.3 is 0 Å². The highest BCUT2D eigenvalue weighted by atomic mass is 28.4. The van der Waals surface area contributed by atoms with Gasteiger partial charge in [0.1, 0.15) is 5.60 Å². The van der Waals surface area contributed by atoms with Crippen LogP contribution in [0.3, 0.4) is 0 Å². The minimum absolute atomic E-state index is 0.0330. The molecule has 0 saturated carbocycles. The predicted octanol–water partition coefficient (Wildman–Crippen LogP) is 7.11. The second kappa shape index (κ2) is 17.3. The fourth-order valence-corrected chi connectivity index (χ4v) is 12.8. The van der Waals surface area contributed by atoms with Crippen LogP contribution in [0.2, 0.25) is 23.2 Å². The number of hydrogen-bond donors (Lipinski definition) is 3. The molecular formula is C41H66O7Si2. The summed E-state index contributed by atoms with van der Waals surface area (Å²) in [5.41, 5.74) is -0.987. The number of benzene rings is 2. The van der Waals surface area contributed by atoms with Gasteiger partial charge in [-0.1, -0.05) is 133 Å². The quantitative estimate of drug-likeness (QED) is 0.118. The maximum absolute atomic E-state index is 11.4. The normalized spacial score (nSPS) is 22.3. The third-order valence-electron chi connectivity index (χ3n) is 10.6. The van der Waals surface area contributed by atoms with Crippen molar-refractivity contribution in [3.63, 3.8) is 0 Å². The van der Waals surface area contributed by atoms with Crippen molar-refractivity contribution >= 4 is 27.0 Å². The molecule has 50 heavy (non-hydrogen) atoms. The molecule has 0 spiro atoms. The Balaban J connectivity index is 2.10. The van der Waals surface area contributed by atoms with Crippen molar-refractivity contribution in [2.45, 2.75) is 134 Å². The van der Waals surface area contributed by atoms with E-state index in [1.54, 1.807) is 12.2 Å². The fourth-order valence-electron chi connectivity index (χ4n) is 6.92. The van der Waals surface area contributed by atoms with Crippen LogP contribution in [0.4, 0.5) is 0 Å². The Morgan fingerprint density at radius 1 is 0.880 bits per heavy atom. The van der Waals surface area contributed by atoms with Gasteiger partial charge in [0.15, 0.2) is 14.1 Å². The van der Waals surface area contributed by atoms with E-state index in [4.69, 9.17) is 18.3 Å². The summed E-state index contributed by atoms with van der Waals surface area (Å²) in [6.07, 6.45) is 7.11. The molecule has 280 valence electrons. The first-order chi connectivity index (χ1) is 23.3. The summed E-state index contributed by atoms with van der Waals surface area (Å²) < 4.78 is 27.6.